The first kappa shape index (κ1) is 14.6. The van der Waals surface area contributed by atoms with Crippen LogP contribution in [0.1, 0.15) is 30.5 Å². The molecule has 1 aromatic rings. The summed E-state index contributed by atoms with van der Waals surface area (Å²) in [4.78, 5) is 30.6. The molecule has 1 unspecified atom stereocenters. The molecule has 0 radical (unpaired) electrons. The van der Waals surface area contributed by atoms with Crippen molar-refractivity contribution in [2.24, 2.45) is 17.8 Å². The molecule has 23 heavy (non-hydrogen) atoms. The number of aromatic nitrogens is 2. The summed E-state index contributed by atoms with van der Waals surface area (Å²) >= 11 is 0. The van der Waals surface area contributed by atoms with Crippen LogP contribution in [0.2, 0.25) is 0 Å². The molecule has 124 valence electrons. The second kappa shape index (κ2) is 4.75. The number of halogens is 2. The molecular weight excluding hydrogens is 308 g/mol. The smallest absolute Gasteiger partial charge is 0.347 e. The Bertz CT molecular complexity index is 721. The maximum Gasteiger partial charge on any atom is 0.347 e. The summed E-state index contributed by atoms with van der Waals surface area (Å²) in [5.74, 6) is -2.80. The van der Waals surface area contributed by atoms with Gasteiger partial charge in [-0.15, -0.1) is 0 Å². The summed E-state index contributed by atoms with van der Waals surface area (Å²) < 4.78 is 27.7. The van der Waals surface area contributed by atoms with Crippen LogP contribution in [0.3, 0.4) is 0 Å². The average Bonchev–Trinajstić information content (AvgIpc) is 2.79. The van der Waals surface area contributed by atoms with Gasteiger partial charge in [-0.05, 0) is 30.6 Å². The van der Waals surface area contributed by atoms with Gasteiger partial charge in [0.1, 0.15) is 5.82 Å². The SMILES string of the molecule is O=C(O)CC1[C@@H]2C[C@H]1CN(c1nc(=O)[nH]c3c1CCC3(F)F)C2. The van der Waals surface area contributed by atoms with Crippen LogP contribution in [0.4, 0.5) is 14.6 Å². The number of alkyl halides is 2. The minimum atomic E-state index is -3.00. The maximum absolute atomic E-state index is 13.9. The molecule has 0 spiro atoms. The molecule has 2 saturated heterocycles. The van der Waals surface area contributed by atoms with E-state index in [0.717, 1.165) is 6.42 Å². The Balaban J connectivity index is 1.62. The number of rotatable bonds is 3. The van der Waals surface area contributed by atoms with E-state index in [4.69, 9.17) is 5.11 Å². The van der Waals surface area contributed by atoms with E-state index in [1.165, 1.54) is 0 Å². The van der Waals surface area contributed by atoms with Crippen molar-refractivity contribution in [1.29, 1.82) is 0 Å². The molecule has 4 aliphatic rings. The Labute approximate surface area is 130 Å². The van der Waals surface area contributed by atoms with Gasteiger partial charge in [0.15, 0.2) is 0 Å². The highest BCUT2D eigenvalue weighted by molar-refractivity contribution is 5.67. The van der Waals surface area contributed by atoms with Crippen LogP contribution in [0.25, 0.3) is 0 Å². The molecule has 3 heterocycles. The van der Waals surface area contributed by atoms with E-state index in [9.17, 15) is 18.4 Å². The fourth-order valence-corrected chi connectivity index (χ4v) is 4.40. The van der Waals surface area contributed by atoms with E-state index in [2.05, 4.69) is 9.97 Å². The van der Waals surface area contributed by atoms with Gasteiger partial charge in [0.2, 0.25) is 0 Å². The minimum absolute atomic E-state index is 0.153. The van der Waals surface area contributed by atoms with E-state index in [-0.39, 0.29) is 42.7 Å². The third-order valence-electron chi connectivity index (χ3n) is 5.50. The van der Waals surface area contributed by atoms with Gasteiger partial charge in [0.25, 0.3) is 5.92 Å². The second-order valence-electron chi connectivity index (χ2n) is 6.85. The molecule has 2 aliphatic carbocycles. The van der Waals surface area contributed by atoms with Crippen molar-refractivity contribution in [3.63, 3.8) is 0 Å². The standard InChI is InChI=1S/C15H17F2N3O3/c16-15(17)2-1-9-12(15)18-14(23)19-13(9)20-5-7-3-8(6-20)10(7)4-11(21)22/h7-8,10H,1-6H2,(H,21,22)(H,18,19,23)/t7-,8+,10?. The van der Waals surface area contributed by atoms with Crippen LogP contribution in [0, 0.1) is 17.8 Å². The third kappa shape index (κ3) is 2.22. The van der Waals surface area contributed by atoms with Crippen molar-refractivity contribution in [2.45, 2.75) is 31.6 Å². The van der Waals surface area contributed by atoms with E-state index in [1.807, 2.05) is 4.90 Å². The van der Waals surface area contributed by atoms with Crippen LogP contribution >= 0.6 is 0 Å². The van der Waals surface area contributed by atoms with Crippen LogP contribution in [-0.4, -0.2) is 34.1 Å². The Hall–Kier alpha value is -1.99. The van der Waals surface area contributed by atoms with Gasteiger partial charge < -0.3 is 15.0 Å². The first-order valence-electron chi connectivity index (χ1n) is 7.83. The fourth-order valence-electron chi connectivity index (χ4n) is 4.40. The lowest BCUT2D eigenvalue weighted by molar-refractivity contribution is -0.141. The largest absolute Gasteiger partial charge is 0.481 e. The zero-order chi connectivity index (χ0) is 16.4. The van der Waals surface area contributed by atoms with Gasteiger partial charge in [0, 0.05) is 31.5 Å². The summed E-state index contributed by atoms with van der Waals surface area (Å²) in [6.45, 7) is 1.17. The summed E-state index contributed by atoms with van der Waals surface area (Å²) in [6.07, 6.45) is 1.02. The molecule has 0 aromatic carbocycles. The minimum Gasteiger partial charge on any atom is -0.481 e. The molecule has 1 aromatic heterocycles. The fraction of sp³-hybridized carbons (Fsp3) is 0.667. The van der Waals surface area contributed by atoms with Crippen molar-refractivity contribution in [2.75, 3.05) is 18.0 Å². The number of fused-ring (bicyclic) bond motifs is 3. The lowest BCUT2D eigenvalue weighted by atomic mass is 9.60. The van der Waals surface area contributed by atoms with Crippen LogP contribution in [-0.2, 0) is 17.1 Å². The molecule has 5 rings (SSSR count). The molecule has 2 N–H and O–H groups in total. The van der Waals surface area contributed by atoms with Gasteiger partial charge in [-0.2, -0.15) is 13.8 Å². The van der Waals surface area contributed by atoms with Crippen LogP contribution < -0.4 is 10.6 Å². The highest BCUT2D eigenvalue weighted by Crippen LogP contribution is 2.49. The summed E-state index contributed by atoms with van der Waals surface area (Å²) in [6, 6.07) is 0. The first-order valence-corrected chi connectivity index (χ1v) is 7.83. The lowest BCUT2D eigenvalue weighted by Gasteiger charge is -2.53. The summed E-state index contributed by atoms with van der Waals surface area (Å²) in [5.41, 5.74) is -0.610. The van der Waals surface area contributed by atoms with E-state index in [0.29, 0.717) is 24.5 Å². The van der Waals surface area contributed by atoms with Crippen molar-refractivity contribution in [1.82, 2.24) is 9.97 Å². The number of hydrogen-bond donors (Lipinski definition) is 2. The predicted octanol–water partition coefficient (Wildman–Crippen LogP) is 1.35. The van der Waals surface area contributed by atoms with Gasteiger partial charge >= 0.3 is 11.7 Å². The van der Waals surface area contributed by atoms with Crippen LogP contribution in [0.15, 0.2) is 4.79 Å². The predicted molar refractivity (Wildman–Crippen MR) is 76.6 cm³/mol. The third-order valence-corrected chi connectivity index (χ3v) is 5.50. The highest BCUT2D eigenvalue weighted by Gasteiger charge is 2.49. The number of carboxylic acid groups (broad SMARTS) is 1. The topological polar surface area (TPSA) is 86.3 Å². The highest BCUT2D eigenvalue weighted by atomic mass is 19.3. The molecule has 0 amide bonds. The van der Waals surface area contributed by atoms with E-state index >= 15 is 0 Å². The number of carbonyl (C=O) groups is 1. The quantitative estimate of drug-likeness (QED) is 0.876. The molecule has 2 aliphatic heterocycles. The molecule has 6 nitrogen and oxygen atoms in total. The number of hydrogen-bond acceptors (Lipinski definition) is 4. The van der Waals surface area contributed by atoms with Crippen molar-refractivity contribution >= 4 is 11.8 Å². The van der Waals surface area contributed by atoms with Crippen LogP contribution in [0.5, 0.6) is 0 Å². The monoisotopic (exact) mass is 325 g/mol. The molecule has 1 saturated carbocycles. The number of anilines is 1. The Morgan fingerprint density at radius 3 is 2.74 bits per heavy atom. The van der Waals surface area contributed by atoms with Gasteiger partial charge in [-0.25, -0.2) is 4.79 Å². The molecule has 3 atom stereocenters. The van der Waals surface area contributed by atoms with Gasteiger partial charge in [0.05, 0.1) is 5.69 Å². The molecule has 2 bridgehead atoms. The number of piperidine rings is 2. The zero-order valence-electron chi connectivity index (χ0n) is 12.4. The van der Waals surface area contributed by atoms with Crippen molar-refractivity contribution in [3.8, 4) is 0 Å². The van der Waals surface area contributed by atoms with Gasteiger partial charge in [-0.3, -0.25) is 4.79 Å². The Morgan fingerprint density at radius 1 is 1.39 bits per heavy atom. The number of aliphatic carboxylic acids is 1. The Kier molecular flexibility index (Phi) is 3.01. The molecule has 3 fully saturated rings. The molecule has 8 heteroatoms. The summed E-state index contributed by atoms with van der Waals surface area (Å²) in [5, 5.41) is 8.95. The van der Waals surface area contributed by atoms with E-state index < -0.39 is 17.6 Å². The summed E-state index contributed by atoms with van der Waals surface area (Å²) in [7, 11) is 0. The number of carboxylic acids is 1. The Morgan fingerprint density at radius 2 is 2.09 bits per heavy atom. The normalized spacial score (nSPS) is 30.7. The van der Waals surface area contributed by atoms with Crippen molar-refractivity contribution in [3.05, 3.63) is 21.7 Å². The zero-order valence-corrected chi connectivity index (χ0v) is 12.4. The molecular formula is C15H17F2N3O3. The van der Waals surface area contributed by atoms with Gasteiger partial charge in [-0.1, -0.05) is 0 Å². The van der Waals surface area contributed by atoms with E-state index in [1.54, 1.807) is 0 Å². The lowest BCUT2D eigenvalue weighted by Crippen LogP contribution is -2.56. The maximum atomic E-state index is 13.9. The number of nitrogens with one attached hydrogen (secondary N) is 1. The number of aromatic amines is 1. The number of nitrogens with zero attached hydrogens (tertiary/aromatic N) is 2. The average molecular weight is 325 g/mol. The number of H-pyrrole nitrogens is 1. The second-order valence-corrected chi connectivity index (χ2v) is 6.85. The first-order chi connectivity index (χ1) is 10.8. The van der Waals surface area contributed by atoms with Crippen molar-refractivity contribution < 1.29 is 18.7 Å².